The van der Waals surface area contributed by atoms with E-state index >= 15 is 0 Å². The van der Waals surface area contributed by atoms with Crippen molar-refractivity contribution in [1.82, 2.24) is 4.90 Å². The van der Waals surface area contributed by atoms with Crippen LogP contribution in [0.15, 0.2) is 0 Å². The molecule has 6 heteroatoms. The van der Waals surface area contributed by atoms with Crippen LogP contribution in [0.1, 0.15) is 23.5 Å². The van der Waals surface area contributed by atoms with Crippen molar-refractivity contribution in [1.29, 1.82) is 0 Å². The van der Waals surface area contributed by atoms with E-state index in [0.717, 1.165) is 18.1 Å². The van der Waals surface area contributed by atoms with E-state index < -0.39 is 0 Å². The first-order chi connectivity index (χ1) is 9.36. The summed E-state index contributed by atoms with van der Waals surface area (Å²) in [5.74, 6) is 1.84. The Morgan fingerprint density at radius 1 is 1.35 bits per heavy atom. The fourth-order valence-corrected chi connectivity index (χ4v) is 3.71. The van der Waals surface area contributed by atoms with Crippen LogP contribution < -0.4 is 15.4 Å². The fraction of sp³-hybridized carbons (Fsp3) is 0.643. The molecule has 0 saturated carbocycles. The first-order valence-electron chi connectivity index (χ1n) is 6.79. The maximum atomic E-state index is 12.2. The van der Waals surface area contributed by atoms with E-state index in [-0.39, 0.29) is 5.91 Å². The van der Waals surface area contributed by atoms with Crippen molar-refractivity contribution < 1.29 is 9.53 Å². The quantitative estimate of drug-likeness (QED) is 0.928. The second kappa shape index (κ2) is 5.52. The molecule has 1 aliphatic rings. The summed E-state index contributed by atoms with van der Waals surface area (Å²) < 4.78 is 5.44. The number of thiophene rings is 1. The van der Waals surface area contributed by atoms with Gasteiger partial charge in [0.1, 0.15) is 15.6 Å². The van der Waals surface area contributed by atoms with Crippen LogP contribution in [0.4, 0.5) is 10.7 Å². The summed E-state index contributed by atoms with van der Waals surface area (Å²) in [4.78, 5) is 16.6. The van der Waals surface area contributed by atoms with Gasteiger partial charge in [-0.05, 0) is 11.8 Å². The molecule has 0 aromatic carbocycles. The monoisotopic (exact) mass is 297 g/mol. The minimum absolute atomic E-state index is 0.0719. The van der Waals surface area contributed by atoms with Gasteiger partial charge in [0.05, 0.1) is 7.11 Å². The maximum Gasteiger partial charge on any atom is 0.265 e. The Hall–Kier alpha value is -1.43. The molecule has 1 aromatic heterocycles. The fourth-order valence-electron chi connectivity index (χ4n) is 2.48. The molecular weight excluding hydrogens is 274 g/mol. The zero-order valence-corrected chi connectivity index (χ0v) is 13.6. The van der Waals surface area contributed by atoms with Crippen molar-refractivity contribution in [2.75, 3.05) is 44.9 Å². The van der Waals surface area contributed by atoms with E-state index in [2.05, 4.69) is 18.7 Å². The van der Waals surface area contributed by atoms with Gasteiger partial charge in [-0.1, -0.05) is 13.8 Å². The first-order valence-corrected chi connectivity index (χ1v) is 7.61. The summed E-state index contributed by atoms with van der Waals surface area (Å²) in [5.41, 5.74) is 6.56. The van der Waals surface area contributed by atoms with Crippen molar-refractivity contribution in [2.45, 2.75) is 13.8 Å². The van der Waals surface area contributed by atoms with E-state index in [1.807, 2.05) is 0 Å². The van der Waals surface area contributed by atoms with Gasteiger partial charge in [-0.3, -0.25) is 4.79 Å². The molecule has 20 heavy (non-hydrogen) atoms. The van der Waals surface area contributed by atoms with Gasteiger partial charge in [0, 0.05) is 27.2 Å². The lowest BCUT2D eigenvalue weighted by atomic mass is 10.0. The van der Waals surface area contributed by atoms with Gasteiger partial charge in [0.15, 0.2) is 5.75 Å². The van der Waals surface area contributed by atoms with Crippen LogP contribution in [0.5, 0.6) is 5.75 Å². The molecule has 2 heterocycles. The van der Waals surface area contributed by atoms with E-state index in [1.165, 1.54) is 11.3 Å². The predicted octanol–water partition coefficient (Wildman–Crippen LogP) is 2.13. The lowest BCUT2D eigenvalue weighted by Crippen LogP contribution is -2.21. The molecule has 5 nitrogen and oxygen atoms in total. The molecule has 2 atom stereocenters. The lowest BCUT2D eigenvalue weighted by Gasteiger charge is -2.17. The number of amides is 1. The molecule has 112 valence electrons. The average molecular weight is 297 g/mol. The summed E-state index contributed by atoms with van der Waals surface area (Å²) in [6.07, 6.45) is 0. The van der Waals surface area contributed by atoms with Crippen LogP contribution in [0.2, 0.25) is 0 Å². The van der Waals surface area contributed by atoms with Crippen LogP contribution in [0.25, 0.3) is 0 Å². The van der Waals surface area contributed by atoms with Gasteiger partial charge in [-0.15, -0.1) is 11.3 Å². The predicted molar refractivity (Wildman–Crippen MR) is 83.8 cm³/mol. The van der Waals surface area contributed by atoms with E-state index in [0.29, 0.717) is 28.1 Å². The van der Waals surface area contributed by atoms with E-state index in [4.69, 9.17) is 10.5 Å². The molecule has 1 aliphatic heterocycles. The summed E-state index contributed by atoms with van der Waals surface area (Å²) >= 11 is 1.43. The molecule has 0 radical (unpaired) electrons. The minimum Gasteiger partial charge on any atom is -0.492 e. The molecular formula is C14H23N3O2S. The van der Waals surface area contributed by atoms with Gasteiger partial charge in [-0.25, -0.2) is 0 Å². The number of carbonyl (C=O) groups excluding carboxylic acids is 1. The SMILES string of the molecule is COc1c(N2CC(C)C(C)C2)sc(C(=O)N(C)C)c1N. The summed E-state index contributed by atoms with van der Waals surface area (Å²) in [6, 6.07) is 0. The zero-order chi connectivity index (χ0) is 15.0. The van der Waals surface area contributed by atoms with Crippen LogP contribution in [-0.4, -0.2) is 45.1 Å². The highest BCUT2D eigenvalue weighted by Gasteiger charge is 2.32. The number of carbonyl (C=O) groups is 1. The number of methoxy groups -OCH3 is 1. The Bertz CT molecular complexity index is 503. The Morgan fingerprint density at radius 2 is 1.90 bits per heavy atom. The molecule has 0 bridgehead atoms. The van der Waals surface area contributed by atoms with Crippen LogP contribution in [-0.2, 0) is 0 Å². The minimum atomic E-state index is -0.0719. The van der Waals surface area contributed by atoms with Crippen LogP contribution >= 0.6 is 11.3 Å². The van der Waals surface area contributed by atoms with E-state index in [9.17, 15) is 4.79 Å². The molecule has 2 unspecified atom stereocenters. The Morgan fingerprint density at radius 3 is 2.35 bits per heavy atom. The Kier molecular flexibility index (Phi) is 4.13. The van der Waals surface area contributed by atoms with Crippen molar-refractivity contribution in [3.63, 3.8) is 0 Å². The summed E-state index contributed by atoms with van der Waals surface area (Å²) in [6.45, 7) is 6.46. The molecule has 2 rings (SSSR count). The topological polar surface area (TPSA) is 58.8 Å². The molecule has 1 fully saturated rings. The Labute approximate surface area is 124 Å². The average Bonchev–Trinajstić information content (AvgIpc) is 2.89. The molecule has 2 N–H and O–H groups in total. The molecule has 0 aliphatic carbocycles. The van der Waals surface area contributed by atoms with Gasteiger partial charge in [-0.2, -0.15) is 0 Å². The van der Waals surface area contributed by atoms with Gasteiger partial charge < -0.3 is 20.3 Å². The third-order valence-electron chi connectivity index (χ3n) is 3.96. The highest BCUT2D eigenvalue weighted by atomic mass is 32.1. The summed E-state index contributed by atoms with van der Waals surface area (Å²) in [7, 11) is 5.07. The highest BCUT2D eigenvalue weighted by molar-refractivity contribution is 7.19. The van der Waals surface area contributed by atoms with Gasteiger partial charge >= 0.3 is 0 Å². The number of nitrogens with zero attached hydrogens (tertiary/aromatic N) is 2. The largest absolute Gasteiger partial charge is 0.492 e. The maximum absolute atomic E-state index is 12.2. The van der Waals surface area contributed by atoms with Gasteiger partial charge in [0.2, 0.25) is 0 Å². The summed E-state index contributed by atoms with van der Waals surface area (Å²) in [5, 5.41) is 0.978. The smallest absolute Gasteiger partial charge is 0.265 e. The third kappa shape index (κ3) is 2.44. The van der Waals surface area contributed by atoms with Crippen LogP contribution in [0.3, 0.4) is 0 Å². The molecule has 1 aromatic rings. The second-order valence-electron chi connectivity index (χ2n) is 5.74. The second-order valence-corrected chi connectivity index (χ2v) is 6.74. The van der Waals surface area contributed by atoms with Crippen molar-refractivity contribution in [2.24, 2.45) is 11.8 Å². The number of rotatable bonds is 3. The lowest BCUT2D eigenvalue weighted by molar-refractivity contribution is 0.0833. The number of nitrogens with two attached hydrogens (primary N) is 1. The standard InChI is InChI=1S/C14H23N3O2S/c1-8-6-17(7-9(8)2)14-11(19-5)10(15)12(20-14)13(18)16(3)4/h8-9H,6-7,15H2,1-5H3. The van der Waals surface area contributed by atoms with Crippen molar-refractivity contribution >= 4 is 27.9 Å². The third-order valence-corrected chi connectivity index (χ3v) is 5.20. The zero-order valence-electron chi connectivity index (χ0n) is 12.8. The molecule has 1 saturated heterocycles. The van der Waals surface area contributed by atoms with Crippen molar-refractivity contribution in [3.05, 3.63) is 4.88 Å². The highest BCUT2D eigenvalue weighted by Crippen LogP contribution is 2.46. The number of anilines is 2. The first kappa shape index (κ1) is 15.0. The number of nitrogen functional groups attached to an aromatic ring is 1. The van der Waals surface area contributed by atoms with Crippen LogP contribution in [0, 0.1) is 11.8 Å². The van der Waals surface area contributed by atoms with E-state index in [1.54, 1.807) is 26.1 Å². The Balaban J connectivity index is 2.39. The van der Waals surface area contributed by atoms with Crippen molar-refractivity contribution in [3.8, 4) is 5.75 Å². The molecule has 0 spiro atoms. The van der Waals surface area contributed by atoms with Gasteiger partial charge in [0.25, 0.3) is 5.91 Å². The molecule has 1 amide bonds. The number of ether oxygens (including phenoxy) is 1. The number of hydrogen-bond donors (Lipinski definition) is 1. The normalized spacial score (nSPS) is 22.1. The number of hydrogen-bond acceptors (Lipinski definition) is 5.